The zero-order valence-corrected chi connectivity index (χ0v) is 16.2. The van der Waals surface area contributed by atoms with Gasteiger partial charge in [0.2, 0.25) is 0 Å². The summed E-state index contributed by atoms with van der Waals surface area (Å²) >= 11 is 0. The normalized spacial score (nSPS) is 10.9. The van der Waals surface area contributed by atoms with Crippen LogP contribution in [0.25, 0.3) is 22.4 Å². The Labute approximate surface area is 166 Å². The second-order valence-electron chi connectivity index (χ2n) is 6.67. The molecule has 0 aliphatic rings. The molecule has 0 unspecified atom stereocenters. The number of hydrogen-bond donors (Lipinski definition) is 2. The zero-order chi connectivity index (χ0) is 20.5. The van der Waals surface area contributed by atoms with Gasteiger partial charge in [0.25, 0.3) is 11.8 Å². The van der Waals surface area contributed by atoms with E-state index in [-0.39, 0.29) is 0 Å². The Kier molecular flexibility index (Phi) is 4.64. The zero-order valence-electron chi connectivity index (χ0n) is 16.2. The van der Waals surface area contributed by atoms with Gasteiger partial charge < -0.3 is 8.83 Å². The smallest absolute Gasteiger partial charge is 0.273 e. The number of hydrogen-bond acceptors (Lipinski definition) is 5. The monoisotopic (exact) mass is 389 g/mol. The second kappa shape index (κ2) is 7.27. The van der Waals surface area contributed by atoms with Crippen LogP contribution in [-0.2, 0) is 0 Å². The second-order valence-corrected chi connectivity index (χ2v) is 6.67. The maximum Gasteiger partial charge on any atom is 0.273 e. The first-order valence-electron chi connectivity index (χ1n) is 9.06. The predicted octanol–water partition coefficient (Wildman–Crippen LogP) is 4.09. The first-order valence-corrected chi connectivity index (χ1v) is 9.06. The highest BCUT2D eigenvalue weighted by atomic mass is 16.3. The van der Waals surface area contributed by atoms with Crippen molar-refractivity contribution >= 4 is 22.7 Å². The van der Waals surface area contributed by atoms with E-state index in [2.05, 4.69) is 15.8 Å². The molecule has 7 heteroatoms. The number of benzene rings is 1. The van der Waals surface area contributed by atoms with Crippen LogP contribution in [0.15, 0.2) is 57.6 Å². The molecule has 146 valence electrons. The summed E-state index contributed by atoms with van der Waals surface area (Å²) in [6, 6.07) is 12.5. The van der Waals surface area contributed by atoms with Crippen molar-refractivity contribution in [3.8, 4) is 11.5 Å². The Morgan fingerprint density at radius 1 is 0.931 bits per heavy atom. The number of furan rings is 2. The van der Waals surface area contributed by atoms with Crippen molar-refractivity contribution in [2.24, 2.45) is 0 Å². The Morgan fingerprint density at radius 2 is 1.69 bits per heavy atom. The van der Waals surface area contributed by atoms with Gasteiger partial charge in [-0.3, -0.25) is 20.4 Å². The van der Waals surface area contributed by atoms with Gasteiger partial charge in [-0.05, 0) is 45.0 Å². The molecule has 3 heterocycles. The molecule has 0 radical (unpaired) electrons. The molecule has 4 rings (SSSR count). The Bertz CT molecular complexity index is 1220. The molecule has 0 spiro atoms. The van der Waals surface area contributed by atoms with Crippen LogP contribution in [0.3, 0.4) is 0 Å². The SMILES string of the molecule is Cc1oc(C)c(C(=O)NNC(=O)c2cc(-c3ccco3)nc3ccccc23)c1C. The van der Waals surface area contributed by atoms with Gasteiger partial charge in [0.1, 0.15) is 17.2 Å². The van der Waals surface area contributed by atoms with Gasteiger partial charge >= 0.3 is 0 Å². The van der Waals surface area contributed by atoms with Crippen molar-refractivity contribution in [3.05, 3.63) is 76.9 Å². The molecule has 2 amide bonds. The van der Waals surface area contributed by atoms with Crippen molar-refractivity contribution in [2.45, 2.75) is 20.8 Å². The van der Waals surface area contributed by atoms with Crippen LogP contribution in [0.1, 0.15) is 37.8 Å². The number of nitrogens with zero attached hydrogens (tertiary/aromatic N) is 1. The summed E-state index contributed by atoms with van der Waals surface area (Å²) in [4.78, 5) is 30.0. The quantitative estimate of drug-likeness (QED) is 0.515. The first-order chi connectivity index (χ1) is 14.0. The number of aryl methyl sites for hydroxylation is 2. The number of fused-ring (bicyclic) bond motifs is 1. The Hall–Kier alpha value is -3.87. The van der Waals surface area contributed by atoms with Crippen molar-refractivity contribution in [2.75, 3.05) is 0 Å². The fraction of sp³-hybridized carbons (Fsp3) is 0.136. The number of nitrogens with one attached hydrogen (secondary N) is 2. The third kappa shape index (κ3) is 3.38. The van der Waals surface area contributed by atoms with Gasteiger partial charge in [-0.25, -0.2) is 4.98 Å². The summed E-state index contributed by atoms with van der Waals surface area (Å²) in [7, 11) is 0. The first kappa shape index (κ1) is 18.5. The molecule has 0 fully saturated rings. The minimum absolute atomic E-state index is 0.374. The maximum atomic E-state index is 12.9. The number of hydrazine groups is 1. The molecule has 0 aliphatic heterocycles. The van der Waals surface area contributed by atoms with E-state index in [0.29, 0.717) is 45.0 Å². The van der Waals surface area contributed by atoms with Gasteiger partial charge in [0, 0.05) is 10.9 Å². The molecule has 7 nitrogen and oxygen atoms in total. The molecule has 2 N–H and O–H groups in total. The molecule has 0 atom stereocenters. The number of pyridine rings is 1. The number of carbonyl (C=O) groups is 2. The van der Waals surface area contributed by atoms with E-state index in [1.54, 1.807) is 51.3 Å². The average molecular weight is 389 g/mol. The topological polar surface area (TPSA) is 97.4 Å². The largest absolute Gasteiger partial charge is 0.466 e. The van der Waals surface area contributed by atoms with Crippen LogP contribution in [0.4, 0.5) is 0 Å². The van der Waals surface area contributed by atoms with Gasteiger partial charge in [-0.2, -0.15) is 0 Å². The van der Waals surface area contributed by atoms with E-state index in [1.807, 2.05) is 18.2 Å². The summed E-state index contributed by atoms with van der Waals surface area (Å²) in [6.45, 7) is 5.30. The molecule has 4 aromatic rings. The van der Waals surface area contributed by atoms with E-state index in [4.69, 9.17) is 8.83 Å². The Morgan fingerprint density at radius 3 is 2.38 bits per heavy atom. The molecule has 1 aromatic carbocycles. The standard InChI is InChI=1S/C22H19N3O4/c1-12-13(2)29-14(3)20(12)22(27)25-24-21(26)16-11-18(19-9-6-10-28-19)23-17-8-5-4-7-15(16)17/h4-11H,1-3H3,(H,24,26)(H,25,27). The molecule has 29 heavy (non-hydrogen) atoms. The summed E-state index contributed by atoms with van der Waals surface area (Å²) in [5.41, 5.74) is 7.66. The third-order valence-electron chi connectivity index (χ3n) is 4.81. The van der Waals surface area contributed by atoms with Crippen LogP contribution in [0, 0.1) is 20.8 Å². The van der Waals surface area contributed by atoms with Gasteiger partial charge in [-0.15, -0.1) is 0 Å². The fourth-order valence-corrected chi connectivity index (χ4v) is 3.28. The summed E-state index contributed by atoms with van der Waals surface area (Å²) in [5.74, 6) is 0.826. The van der Waals surface area contributed by atoms with Gasteiger partial charge in [-0.1, -0.05) is 18.2 Å². The lowest BCUT2D eigenvalue weighted by Gasteiger charge is -2.11. The van der Waals surface area contributed by atoms with E-state index >= 15 is 0 Å². The number of para-hydroxylation sites is 1. The van der Waals surface area contributed by atoms with Crippen molar-refractivity contribution in [1.82, 2.24) is 15.8 Å². The van der Waals surface area contributed by atoms with Gasteiger partial charge in [0.15, 0.2) is 5.76 Å². The Balaban J connectivity index is 1.64. The van der Waals surface area contributed by atoms with E-state index in [1.165, 1.54) is 0 Å². The van der Waals surface area contributed by atoms with Crippen molar-refractivity contribution < 1.29 is 18.4 Å². The molecule has 0 saturated carbocycles. The van der Waals surface area contributed by atoms with Crippen LogP contribution >= 0.6 is 0 Å². The molecular weight excluding hydrogens is 370 g/mol. The van der Waals surface area contributed by atoms with Crippen LogP contribution in [-0.4, -0.2) is 16.8 Å². The minimum atomic E-state index is -0.458. The summed E-state index contributed by atoms with van der Waals surface area (Å²) in [6.07, 6.45) is 1.55. The highest BCUT2D eigenvalue weighted by molar-refractivity contribution is 6.08. The lowest BCUT2D eigenvalue weighted by molar-refractivity contribution is 0.0846. The fourth-order valence-electron chi connectivity index (χ4n) is 3.28. The number of aromatic nitrogens is 1. The molecule has 0 bridgehead atoms. The minimum Gasteiger partial charge on any atom is -0.466 e. The van der Waals surface area contributed by atoms with Crippen LogP contribution < -0.4 is 10.9 Å². The molecule has 0 saturated heterocycles. The van der Waals surface area contributed by atoms with Gasteiger partial charge in [0.05, 0.1) is 22.9 Å². The molecule has 3 aromatic heterocycles. The van der Waals surface area contributed by atoms with Crippen molar-refractivity contribution in [3.63, 3.8) is 0 Å². The lowest BCUT2D eigenvalue weighted by Crippen LogP contribution is -2.42. The summed E-state index contributed by atoms with van der Waals surface area (Å²) in [5, 5.41) is 0.668. The van der Waals surface area contributed by atoms with E-state index < -0.39 is 11.8 Å². The highest BCUT2D eigenvalue weighted by Gasteiger charge is 2.20. The predicted molar refractivity (Wildman–Crippen MR) is 107 cm³/mol. The number of carbonyl (C=O) groups excluding carboxylic acids is 2. The number of amides is 2. The summed E-state index contributed by atoms with van der Waals surface area (Å²) < 4.78 is 10.9. The van der Waals surface area contributed by atoms with E-state index in [0.717, 1.165) is 5.56 Å². The van der Waals surface area contributed by atoms with E-state index in [9.17, 15) is 9.59 Å². The van der Waals surface area contributed by atoms with Crippen LogP contribution in [0.5, 0.6) is 0 Å². The van der Waals surface area contributed by atoms with Crippen molar-refractivity contribution in [1.29, 1.82) is 0 Å². The third-order valence-corrected chi connectivity index (χ3v) is 4.81. The molecule has 0 aliphatic carbocycles. The van der Waals surface area contributed by atoms with Crippen LogP contribution in [0.2, 0.25) is 0 Å². The maximum absolute atomic E-state index is 12.9. The lowest BCUT2D eigenvalue weighted by atomic mass is 10.1. The number of rotatable bonds is 3. The highest BCUT2D eigenvalue weighted by Crippen LogP contribution is 2.25. The average Bonchev–Trinajstić information content (AvgIpc) is 3.33. The molecular formula is C22H19N3O4.